The fourth-order valence-corrected chi connectivity index (χ4v) is 1.90. The highest BCUT2D eigenvalue weighted by Gasteiger charge is 2.30. The fourth-order valence-electron chi connectivity index (χ4n) is 1.90. The number of carboxylic acid groups (broad SMARTS) is 1. The maximum Gasteiger partial charge on any atom is 0.417 e. The zero-order chi connectivity index (χ0) is 20.0. The van der Waals surface area contributed by atoms with Crippen molar-refractivity contribution in [3.63, 3.8) is 0 Å². The first-order valence-corrected chi connectivity index (χ1v) is 7.60. The highest BCUT2D eigenvalue weighted by molar-refractivity contribution is 5.81. The third-order valence-electron chi connectivity index (χ3n) is 3.32. The Labute approximate surface area is 152 Å². The van der Waals surface area contributed by atoms with Crippen molar-refractivity contribution < 1.29 is 32.5 Å². The highest BCUT2D eigenvalue weighted by Crippen LogP contribution is 2.29. The van der Waals surface area contributed by atoms with Crippen molar-refractivity contribution in [1.82, 2.24) is 4.98 Å². The number of nitrogens with one attached hydrogen (secondary N) is 1. The summed E-state index contributed by atoms with van der Waals surface area (Å²) in [5.41, 5.74) is 2.24. The number of hydrogen-bond acceptors (Lipinski definition) is 6. The summed E-state index contributed by atoms with van der Waals surface area (Å²) in [5.74, 6) is -0.418. The van der Waals surface area contributed by atoms with Crippen LogP contribution >= 0.6 is 0 Å². The summed E-state index contributed by atoms with van der Waals surface area (Å²) in [5, 5.41) is 12.8. The number of carbonyl (C=O) groups is 1. The number of benzene rings is 1. The molecule has 0 amide bonds. The fraction of sp³-hybridized carbons (Fsp3) is 0.235. The van der Waals surface area contributed by atoms with Crippen LogP contribution in [0, 0.1) is 0 Å². The molecule has 1 aromatic carbocycles. The topological polar surface area (TPSA) is 93.0 Å². The first-order chi connectivity index (χ1) is 12.7. The normalized spacial score (nSPS) is 12.6. The van der Waals surface area contributed by atoms with E-state index in [1.165, 1.54) is 26.3 Å². The third-order valence-corrected chi connectivity index (χ3v) is 3.32. The van der Waals surface area contributed by atoms with Crippen LogP contribution in [0.15, 0.2) is 41.6 Å². The number of alkyl halides is 3. The van der Waals surface area contributed by atoms with Crippen LogP contribution in [0.5, 0.6) is 11.5 Å². The van der Waals surface area contributed by atoms with Gasteiger partial charge in [-0.3, -0.25) is 5.43 Å². The molecule has 0 unspecified atom stereocenters. The lowest BCUT2D eigenvalue weighted by atomic mass is 10.2. The van der Waals surface area contributed by atoms with Crippen molar-refractivity contribution >= 4 is 18.0 Å². The van der Waals surface area contributed by atoms with E-state index in [2.05, 4.69) is 15.5 Å². The van der Waals surface area contributed by atoms with E-state index in [1.54, 1.807) is 12.1 Å². The van der Waals surface area contributed by atoms with Gasteiger partial charge >= 0.3 is 12.1 Å². The molecular formula is C17H16F3N3O4. The van der Waals surface area contributed by atoms with Gasteiger partial charge in [0.2, 0.25) is 0 Å². The molecule has 0 spiro atoms. The van der Waals surface area contributed by atoms with E-state index in [-0.39, 0.29) is 11.6 Å². The Morgan fingerprint density at radius 3 is 2.59 bits per heavy atom. The number of hydrazone groups is 1. The van der Waals surface area contributed by atoms with Crippen LogP contribution in [0.25, 0.3) is 0 Å². The molecule has 0 aliphatic heterocycles. The van der Waals surface area contributed by atoms with Gasteiger partial charge in [0, 0.05) is 6.20 Å². The van der Waals surface area contributed by atoms with Gasteiger partial charge < -0.3 is 14.6 Å². The number of aromatic nitrogens is 1. The van der Waals surface area contributed by atoms with Gasteiger partial charge in [0.1, 0.15) is 5.82 Å². The number of halogens is 3. The molecule has 0 radical (unpaired) electrons. The molecule has 0 bridgehead atoms. The van der Waals surface area contributed by atoms with Crippen LogP contribution in [-0.4, -0.2) is 35.5 Å². The Kier molecular flexibility index (Phi) is 6.22. The number of ether oxygens (including phenoxy) is 2. The van der Waals surface area contributed by atoms with Gasteiger partial charge in [-0.25, -0.2) is 9.78 Å². The van der Waals surface area contributed by atoms with Crippen molar-refractivity contribution in [3.8, 4) is 11.5 Å². The molecule has 0 aliphatic rings. The molecule has 2 aromatic rings. The Morgan fingerprint density at radius 2 is 2.04 bits per heavy atom. The first-order valence-electron chi connectivity index (χ1n) is 7.60. The molecule has 27 heavy (non-hydrogen) atoms. The van der Waals surface area contributed by atoms with Gasteiger partial charge in [-0.2, -0.15) is 18.3 Å². The van der Waals surface area contributed by atoms with Crippen LogP contribution in [0.1, 0.15) is 18.1 Å². The van der Waals surface area contributed by atoms with Crippen molar-refractivity contribution in [2.75, 3.05) is 12.5 Å². The summed E-state index contributed by atoms with van der Waals surface area (Å²) in [6.07, 6.45) is -3.40. The second-order valence-electron chi connectivity index (χ2n) is 5.31. The monoisotopic (exact) mass is 383 g/mol. The van der Waals surface area contributed by atoms with Gasteiger partial charge in [-0.15, -0.1) is 0 Å². The predicted octanol–water partition coefficient (Wildman–Crippen LogP) is 3.41. The van der Waals surface area contributed by atoms with E-state index in [0.29, 0.717) is 17.5 Å². The number of anilines is 1. The maximum absolute atomic E-state index is 12.5. The average Bonchev–Trinajstić information content (AvgIpc) is 2.62. The second-order valence-corrected chi connectivity index (χ2v) is 5.31. The molecule has 0 aliphatic carbocycles. The highest BCUT2D eigenvalue weighted by atomic mass is 19.4. The van der Waals surface area contributed by atoms with Crippen molar-refractivity contribution in [2.24, 2.45) is 5.10 Å². The summed E-state index contributed by atoms with van der Waals surface area (Å²) < 4.78 is 47.9. The number of carboxylic acids is 1. The minimum absolute atomic E-state index is 0.140. The van der Waals surface area contributed by atoms with Crippen molar-refractivity contribution in [2.45, 2.75) is 19.2 Å². The van der Waals surface area contributed by atoms with E-state index in [1.807, 2.05) is 0 Å². The second kappa shape index (κ2) is 8.39. The first kappa shape index (κ1) is 20.0. The predicted molar refractivity (Wildman–Crippen MR) is 91.2 cm³/mol. The number of nitrogens with zero attached hydrogens (tertiary/aromatic N) is 2. The van der Waals surface area contributed by atoms with Gasteiger partial charge in [-0.1, -0.05) is 0 Å². The zero-order valence-corrected chi connectivity index (χ0v) is 14.3. The third kappa shape index (κ3) is 5.59. The van der Waals surface area contributed by atoms with Crippen LogP contribution in [-0.2, 0) is 11.0 Å². The van der Waals surface area contributed by atoms with E-state index in [4.69, 9.17) is 14.6 Å². The quantitative estimate of drug-likeness (QED) is 0.562. The van der Waals surface area contributed by atoms with E-state index >= 15 is 0 Å². The molecule has 0 saturated heterocycles. The van der Waals surface area contributed by atoms with Gasteiger partial charge in [0.25, 0.3) is 0 Å². The molecule has 0 saturated carbocycles. The minimum atomic E-state index is -4.45. The lowest BCUT2D eigenvalue weighted by Gasteiger charge is -2.14. The molecule has 2 N–H and O–H groups in total. The lowest BCUT2D eigenvalue weighted by molar-refractivity contribution is -0.144. The SMILES string of the molecule is COc1cc(/C=N/Nc2ccc(C(F)(F)F)cn2)ccc1O[C@@H](C)C(=O)O. The molecular weight excluding hydrogens is 367 g/mol. The summed E-state index contributed by atoms with van der Waals surface area (Å²) in [7, 11) is 1.40. The van der Waals surface area contributed by atoms with E-state index in [0.717, 1.165) is 12.1 Å². The van der Waals surface area contributed by atoms with Gasteiger partial charge in [0.05, 0.1) is 18.9 Å². The molecule has 10 heteroatoms. The zero-order valence-electron chi connectivity index (χ0n) is 14.3. The molecule has 1 aromatic heterocycles. The Hall–Kier alpha value is -3.30. The molecule has 144 valence electrons. The Bertz CT molecular complexity index is 823. The number of aliphatic carboxylic acids is 1. The summed E-state index contributed by atoms with van der Waals surface area (Å²) in [4.78, 5) is 14.5. The van der Waals surface area contributed by atoms with Crippen molar-refractivity contribution in [3.05, 3.63) is 47.7 Å². The Balaban J connectivity index is 2.05. The van der Waals surface area contributed by atoms with E-state index < -0.39 is 23.8 Å². The summed E-state index contributed by atoms with van der Waals surface area (Å²) >= 11 is 0. The van der Waals surface area contributed by atoms with Crippen LogP contribution < -0.4 is 14.9 Å². The number of rotatable bonds is 7. The number of pyridine rings is 1. The smallest absolute Gasteiger partial charge is 0.417 e. The van der Waals surface area contributed by atoms with Gasteiger partial charge in [-0.05, 0) is 42.8 Å². The van der Waals surface area contributed by atoms with Crippen LogP contribution in [0.3, 0.4) is 0 Å². The van der Waals surface area contributed by atoms with Crippen LogP contribution in [0.4, 0.5) is 19.0 Å². The molecule has 1 atom stereocenters. The largest absolute Gasteiger partial charge is 0.493 e. The molecule has 0 fully saturated rings. The van der Waals surface area contributed by atoms with Crippen molar-refractivity contribution in [1.29, 1.82) is 0 Å². The molecule has 1 heterocycles. The lowest BCUT2D eigenvalue weighted by Crippen LogP contribution is -2.23. The van der Waals surface area contributed by atoms with E-state index in [9.17, 15) is 18.0 Å². The van der Waals surface area contributed by atoms with Gasteiger partial charge in [0.15, 0.2) is 17.6 Å². The summed E-state index contributed by atoms with van der Waals surface area (Å²) in [6, 6.07) is 6.75. The number of hydrogen-bond donors (Lipinski definition) is 2. The Morgan fingerprint density at radius 1 is 1.30 bits per heavy atom. The number of methoxy groups -OCH3 is 1. The molecule has 2 rings (SSSR count). The molecule has 7 nitrogen and oxygen atoms in total. The average molecular weight is 383 g/mol. The standard InChI is InChI=1S/C17H16F3N3O4/c1-10(16(24)25)27-13-5-3-11(7-14(13)26-2)8-22-23-15-6-4-12(9-21-15)17(18,19)20/h3-10H,1-2H3,(H,21,23)(H,24,25)/b22-8+/t10-/m0/s1. The minimum Gasteiger partial charge on any atom is -0.493 e. The summed E-state index contributed by atoms with van der Waals surface area (Å²) in [6.45, 7) is 1.39. The maximum atomic E-state index is 12.5. The van der Waals surface area contributed by atoms with Crippen LogP contribution in [0.2, 0.25) is 0 Å².